The van der Waals surface area contributed by atoms with Crippen molar-refractivity contribution in [1.29, 1.82) is 0 Å². The first kappa shape index (κ1) is 42.9. The van der Waals surface area contributed by atoms with Crippen LogP contribution in [0.15, 0.2) is 24.3 Å². The zero-order valence-electron chi connectivity index (χ0n) is 28.0. The Kier molecular flexibility index (Phi) is 29.8. The third kappa shape index (κ3) is 28.4. The summed E-state index contributed by atoms with van der Waals surface area (Å²) in [6.07, 6.45) is 28.2. The lowest BCUT2D eigenvalue weighted by molar-refractivity contribution is -0.124. The van der Waals surface area contributed by atoms with Crippen LogP contribution in [0.3, 0.4) is 0 Å². The molecule has 0 radical (unpaired) electrons. The van der Waals surface area contributed by atoms with Crippen LogP contribution in [0.5, 0.6) is 0 Å². The van der Waals surface area contributed by atoms with Crippen molar-refractivity contribution < 1.29 is 33.5 Å². The highest BCUT2D eigenvalue weighted by Gasteiger charge is 2.28. The zero-order chi connectivity index (χ0) is 32.7. The molecule has 0 saturated carbocycles. The standard InChI is InChI=1S/C34H67N2O7P/c1-3-5-7-9-11-13-15-17-19-21-23-25-31(37)29-34(39)36-32(30-43-44(40,41)42-28-27-35)33(38)26-24-22-20-18-16-14-12-10-8-6-4-2/h17,19,23,25,31-33,37-38H,3-16,18,20-22,24,26-30,35H2,1-2H3,(H,36,39)(H,40,41)/b19-17-,25-23-. The lowest BCUT2D eigenvalue weighted by Crippen LogP contribution is -2.47. The van der Waals surface area contributed by atoms with Crippen LogP contribution in [-0.4, -0.2) is 59.0 Å². The van der Waals surface area contributed by atoms with E-state index < -0.39 is 38.6 Å². The summed E-state index contributed by atoms with van der Waals surface area (Å²) in [6, 6.07) is -0.923. The first-order chi connectivity index (χ1) is 21.3. The van der Waals surface area contributed by atoms with E-state index in [0.29, 0.717) is 12.8 Å². The van der Waals surface area contributed by atoms with E-state index in [2.05, 4.69) is 31.3 Å². The number of carbonyl (C=O) groups excluding carboxylic acids is 1. The van der Waals surface area contributed by atoms with Crippen molar-refractivity contribution in [2.75, 3.05) is 19.8 Å². The van der Waals surface area contributed by atoms with Crippen LogP contribution in [-0.2, 0) is 18.4 Å². The number of phosphoric acid groups is 1. The number of aliphatic hydroxyl groups excluding tert-OH is 2. The highest BCUT2D eigenvalue weighted by Crippen LogP contribution is 2.43. The minimum absolute atomic E-state index is 0.0515. The summed E-state index contributed by atoms with van der Waals surface area (Å²) < 4.78 is 21.9. The average molecular weight is 647 g/mol. The van der Waals surface area contributed by atoms with E-state index in [1.807, 2.05) is 6.08 Å². The molecule has 4 atom stereocenters. The second kappa shape index (κ2) is 30.6. The van der Waals surface area contributed by atoms with Crippen LogP contribution >= 0.6 is 7.82 Å². The number of amides is 1. The number of nitrogens with two attached hydrogens (primary N) is 1. The van der Waals surface area contributed by atoms with Gasteiger partial charge in [0.1, 0.15) is 0 Å². The van der Waals surface area contributed by atoms with E-state index >= 15 is 0 Å². The Morgan fingerprint density at radius 3 is 1.91 bits per heavy atom. The van der Waals surface area contributed by atoms with Crippen molar-refractivity contribution in [3.63, 3.8) is 0 Å². The molecule has 0 fully saturated rings. The fraction of sp³-hybridized carbons (Fsp3) is 0.853. The minimum Gasteiger partial charge on any atom is -0.391 e. The molecule has 0 aliphatic carbocycles. The largest absolute Gasteiger partial charge is 0.472 e. The van der Waals surface area contributed by atoms with E-state index in [0.717, 1.165) is 25.7 Å². The molecule has 0 bridgehead atoms. The molecule has 9 nitrogen and oxygen atoms in total. The van der Waals surface area contributed by atoms with E-state index in [1.165, 1.54) is 89.9 Å². The van der Waals surface area contributed by atoms with Gasteiger partial charge in [-0.1, -0.05) is 141 Å². The molecule has 0 aliphatic rings. The van der Waals surface area contributed by atoms with Crippen LogP contribution < -0.4 is 11.1 Å². The van der Waals surface area contributed by atoms with Gasteiger partial charge in [-0.25, -0.2) is 4.57 Å². The number of phosphoric ester groups is 1. The highest BCUT2D eigenvalue weighted by molar-refractivity contribution is 7.47. The molecule has 6 N–H and O–H groups in total. The molecule has 0 aliphatic heterocycles. The lowest BCUT2D eigenvalue weighted by Gasteiger charge is -2.25. The Balaban J connectivity index is 4.55. The normalized spacial score (nSPS) is 15.5. The average Bonchev–Trinajstić information content (AvgIpc) is 2.99. The van der Waals surface area contributed by atoms with E-state index in [4.69, 9.17) is 14.8 Å². The van der Waals surface area contributed by atoms with Gasteiger partial charge in [-0.15, -0.1) is 0 Å². The summed E-state index contributed by atoms with van der Waals surface area (Å²) in [6.45, 7) is 3.94. The summed E-state index contributed by atoms with van der Waals surface area (Å²) in [5.74, 6) is -0.483. The number of nitrogens with one attached hydrogen (secondary N) is 1. The van der Waals surface area contributed by atoms with Gasteiger partial charge in [0, 0.05) is 6.54 Å². The van der Waals surface area contributed by atoms with Crippen molar-refractivity contribution in [1.82, 2.24) is 5.32 Å². The third-order valence-corrected chi connectivity index (χ3v) is 8.60. The molecule has 0 aromatic carbocycles. The lowest BCUT2D eigenvalue weighted by atomic mass is 10.0. The van der Waals surface area contributed by atoms with Crippen LogP contribution in [0.4, 0.5) is 0 Å². The molecule has 0 aromatic heterocycles. The molecular formula is C34H67N2O7P. The number of allylic oxidation sites excluding steroid dienone is 3. The predicted molar refractivity (Wildman–Crippen MR) is 181 cm³/mol. The molecule has 4 unspecified atom stereocenters. The van der Waals surface area contributed by atoms with Crippen LogP contribution in [0, 0.1) is 0 Å². The van der Waals surface area contributed by atoms with Gasteiger partial charge in [-0.05, 0) is 25.7 Å². The van der Waals surface area contributed by atoms with Gasteiger partial charge in [0.15, 0.2) is 0 Å². The molecular weight excluding hydrogens is 579 g/mol. The predicted octanol–water partition coefficient (Wildman–Crippen LogP) is 7.63. The number of carbonyl (C=O) groups is 1. The summed E-state index contributed by atoms with van der Waals surface area (Å²) in [5.41, 5.74) is 5.33. The fourth-order valence-electron chi connectivity index (χ4n) is 4.94. The van der Waals surface area contributed by atoms with Crippen molar-refractivity contribution in [2.24, 2.45) is 5.73 Å². The maximum atomic E-state index is 12.7. The van der Waals surface area contributed by atoms with Crippen LogP contribution in [0.1, 0.15) is 149 Å². The van der Waals surface area contributed by atoms with Gasteiger partial charge in [0.25, 0.3) is 0 Å². The number of rotatable bonds is 32. The quantitative estimate of drug-likeness (QED) is 0.0284. The number of hydrogen-bond acceptors (Lipinski definition) is 7. The van der Waals surface area contributed by atoms with Gasteiger partial charge < -0.3 is 26.2 Å². The van der Waals surface area contributed by atoms with Gasteiger partial charge in [0.2, 0.25) is 5.91 Å². The van der Waals surface area contributed by atoms with Gasteiger partial charge in [0.05, 0.1) is 37.9 Å². The third-order valence-electron chi connectivity index (χ3n) is 7.62. The maximum Gasteiger partial charge on any atom is 0.472 e. The molecule has 44 heavy (non-hydrogen) atoms. The maximum absolute atomic E-state index is 12.7. The van der Waals surface area contributed by atoms with Crippen LogP contribution in [0.2, 0.25) is 0 Å². The summed E-state index contributed by atoms with van der Waals surface area (Å²) in [7, 11) is -4.38. The van der Waals surface area contributed by atoms with E-state index in [9.17, 15) is 24.5 Å². The van der Waals surface area contributed by atoms with E-state index in [1.54, 1.807) is 6.08 Å². The van der Waals surface area contributed by atoms with Crippen molar-refractivity contribution in [3.8, 4) is 0 Å². The summed E-state index contributed by atoms with van der Waals surface area (Å²) in [4.78, 5) is 22.5. The van der Waals surface area contributed by atoms with E-state index in [-0.39, 0.29) is 19.6 Å². The Morgan fingerprint density at radius 1 is 0.795 bits per heavy atom. The Morgan fingerprint density at radius 2 is 1.34 bits per heavy atom. The number of unbranched alkanes of at least 4 members (excludes halogenated alkanes) is 16. The Bertz CT molecular complexity index is 766. The first-order valence-corrected chi connectivity index (χ1v) is 19.0. The molecule has 0 heterocycles. The second-order valence-corrected chi connectivity index (χ2v) is 13.4. The molecule has 0 saturated heterocycles. The monoisotopic (exact) mass is 646 g/mol. The molecule has 0 aromatic rings. The van der Waals surface area contributed by atoms with Crippen molar-refractivity contribution >= 4 is 13.7 Å². The number of aliphatic hydroxyl groups is 2. The SMILES string of the molecule is CCCCCCCC/C=C\C/C=C\C(O)CC(=O)NC(COP(=O)(O)OCCN)C(O)CCCCCCCCCCCCC. The molecule has 0 spiro atoms. The Hall–Kier alpha value is -1.06. The number of hydrogen-bond donors (Lipinski definition) is 5. The summed E-state index contributed by atoms with van der Waals surface area (Å²) in [5, 5.41) is 23.8. The highest BCUT2D eigenvalue weighted by atomic mass is 31.2. The second-order valence-electron chi connectivity index (χ2n) is 11.9. The Labute approximate surface area is 269 Å². The molecule has 10 heteroatoms. The van der Waals surface area contributed by atoms with Crippen molar-refractivity contribution in [3.05, 3.63) is 24.3 Å². The van der Waals surface area contributed by atoms with Gasteiger partial charge in [-0.2, -0.15) is 0 Å². The van der Waals surface area contributed by atoms with Gasteiger partial charge in [-0.3, -0.25) is 13.8 Å². The molecule has 0 rings (SSSR count). The topological polar surface area (TPSA) is 151 Å². The van der Waals surface area contributed by atoms with Crippen LogP contribution in [0.25, 0.3) is 0 Å². The first-order valence-electron chi connectivity index (χ1n) is 17.5. The molecule has 1 amide bonds. The molecule has 260 valence electrons. The fourth-order valence-corrected chi connectivity index (χ4v) is 5.70. The minimum atomic E-state index is -4.38. The van der Waals surface area contributed by atoms with Crippen molar-refractivity contribution in [2.45, 2.75) is 167 Å². The summed E-state index contributed by atoms with van der Waals surface area (Å²) >= 11 is 0. The zero-order valence-corrected chi connectivity index (χ0v) is 28.9. The van der Waals surface area contributed by atoms with Gasteiger partial charge >= 0.3 is 7.82 Å². The smallest absolute Gasteiger partial charge is 0.391 e.